The molecule has 0 saturated carbocycles. The van der Waals surface area contributed by atoms with Crippen LogP contribution < -0.4 is 10.7 Å². The number of fused-ring (bicyclic) bond motifs is 1. The van der Waals surface area contributed by atoms with Crippen molar-refractivity contribution in [3.05, 3.63) is 80.6 Å². The van der Waals surface area contributed by atoms with Crippen molar-refractivity contribution in [2.75, 3.05) is 13.2 Å². The molecule has 146 valence electrons. The summed E-state index contributed by atoms with van der Waals surface area (Å²) < 4.78 is 5.45. The molecule has 0 spiro atoms. The SMILES string of the molecule is O=c1c(CNCc2ccc(Cl)cc2)c[nH]c2ccc(CC3CCOCC3)cc12. The summed E-state index contributed by atoms with van der Waals surface area (Å²) >= 11 is 5.92. The van der Waals surface area contributed by atoms with Gasteiger partial charge in [0.05, 0.1) is 0 Å². The lowest BCUT2D eigenvalue weighted by atomic mass is 9.92. The lowest BCUT2D eigenvalue weighted by Gasteiger charge is -2.22. The van der Waals surface area contributed by atoms with Crippen molar-refractivity contribution in [3.8, 4) is 0 Å². The van der Waals surface area contributed by atoms with Gasteiger partial charge in [-0.15, -0.1) is 0 Å². The standard InChI is InChI=1S/C23H25ClN2O2/c24-20-4-1-17(2-5-20)13-25-14-19-15-26-22-6-3-18(12-21(22)23(19)27)11-16-7-9-28-10-8-16/h1-6,12,15-16,25H,7-11,13-14H2,(H,26,27). The first-order valence-corrected chi connectivity index (χ1v) is 10.2. The normalized spacial score (nSPS) is 15.2. The van der Waals surface area contributed by atoms with Crippen molar-refractivity contribution in [2.45, 2.75) is 32.4 Å². The summed E-state index contributed by atoms with van der Waals surface area (Å²) in [6.45, 7) is 2.92. The van der Waals surface area contributed by atoms with Gasteiger partial charge in [-0.1, -0.05) is 29.8 Å². The zero-order valence-corrected chi connectivity index (χ0v) is 16.6. The Morgan fingerprint density at radius 1 is 1.04 bits per heavy atom. The summed E-state index contributed by atoms with van der Waals surface area (Å²) in [6, 6.07) is 13.9. The summed E-state index contributed by atoms with van der Waals surface area (Å²) in [5, 5.41) is 4.85. The maximum atomic E-state index is 13.0. The molecule has 1 aliphatic heterocycles. The summed E-state index contributed by atoms with van der Waals surface area (Å²) in [4.78, 5) is 16.2. The lowest BCUT2D eigenvalue weighted by molar-refractivity contribution is 0.0665. The fourth-order valence-corrected chi connectivity index (χ4v) is 3.92. The van der Waals surface area contributed by atoms with Gasteiger partial charge in [0.1, 0.15) is 0 Å². The highest BCUT2D eigenvalue weighted by molar-refractivity contribution is 6.30. The Labute approximate surface area is 169 Å². The second-order valence-corrected chi connectivity index (χ2v) is 7.95. The number of hydrogen-bond donors (Lipinski definition) is 2. The van der Waals surface area contributed by atoms with Gasteiger partial charge in [-0.2, -0.15) is 0 Å². The van der Waals surface area contributed by atoms with Crippen molar-refractivity contribution in [2.24, 2.45) is 5.92 Å². The molecule has 0 atom stereocenters. The molecule has 2 aromatic carbocycles. The third-order valence-corrected chi connectivity index (χ3v) is 5.70. The highest BCUT2D eigenvalue weighted by atomic mass is 35.5. The molecule has 0 unspecified atom stereocenters. The Bertz CT molecular complexity index is 992. The van der Waals surface area contributed by atoms with Crippen LogP contribution in [0.2, 0.25) is 5.02 Å². The fraction of sp³-hybridized carbons (Fsp3) is 0.348. The van der Waals surface area contributed by atoms with Crippen LogP contribution in [-0.2, 0) is 24.2 Å². The number of aromatic nitrogens is 1. The van der Waals surface area contributed by atoms with Gasteiger partial charge in [-0.05, 0) is 60.6 Å². The van der Waals surface area contributed by atoms with Gasteiger partial charge in [-0.25, -0.2) is 0 Å². The molecule has 1 saturated heterocycles. The van der Waals surface area contributed by atoms with E-state index >= 15 is 0 Å². The van der Waals surface area contributed by atoms with Crippen molar-refractivity contribution in [1.29, 1.82) is 0 Å². The van der Waals surface area contributed by atoms with E-state index in [1.54, 1.807) is 0 Å². The van der Waals surface area contributed by atoms with Gasteiger partial charge >= 0.3 is 0 Å². The Hall–Kier alpha value is -2.14. The third kappa shape index (κ3) is 4.64. The molecular weight excluding hydrogens is 372 g/mol. The number of rotatable bonds is 6. The number of pyridine rings is 1. The fourth-order valence-electron chi connectivity index (χ4n) is 3.79. The Morgan fingerprint density at radius 3 is 2.57 bits per heavy atom. The number of halogens is 1. The minimum atomic E-state index is 0.103. The van der Waals surface area contributed by atoms with E-state index in [4.69, 9.17) is 16.3 Å². The smallest absolute Gasteiger partial charge is 0.193 e. The molecule has 3 aromatic rings. The van der Waals surface area contributed by atoms with Gasteiger partial charge in [0.25, 0.3) is 0 Å². The minimum absolute atomic E-state index is 0.103. The van der Waals surface area contributed by atoms with E-state index in [0.717, 1.165) is 59.5 Å². The number of nitrogens with one attached hydrogen (secondary N) is 2. The van der Waals surface area contributed by atoms with Gasteiger partial charge in [0.2, 0.25) is 0 Å². The summed E-state index contributed by atoms with van der Waals surface area (Å²) in [6.07, 6.45) is 5.03. The molecule has 0 aliphatic carbocycles. The van der Waals surface area contributed by atoms with E-state index in [1.807, 2.05) is 36.5 Å². The monoisotopic (exact) mass is 396 g/mol. The zero-order chi connectivity index (χ0) is 19.3. The van der Waals surface area contributed by atoms with Crippen molar-refractivity contribution in [1.82, 2.24) is 10.3 Å². The van der Waals surface area contributed by atoms with Crippen molar-refractivity contribution >= 4 is 22.5 Å². The Balaban J connectivity index is 1.46. The molecule has 2 N–H and O–H groups in total. The molecule has 5 heteroatoms. The van der Waals surface area contributed by atoms with Gasteiger partial charge in [-0.3, -0.25) is 4.79 Å². The number of benzene rings is 2. The van der Waals surface area contributed by atoms with Crippen LogP contribution in [-0.4, -0.2) is 18.2 Å². The molecule has 1 aliphatic rings. The van der Waals surface area contributed by atoms with E-state index < -0.39 is 0 Å². The quantitative estimate of drug-likeness (QED) is 0.647. The molecule has 0 bridgehead atoms. The summed E-state index contributed by atoms with van der Waals surface area (Å²) in [5.74, 6) is 0.648. The molecule has 4 nitrogen and oxygen atoms in total. The van der Waals surface area contributed by atoms with Crippen molar-refractivity contribution < 1.29 is 4.74 Å². The number of aromatic amines is 1. The van der Waals surface area contributed by atoms with Crippen LogP contribution >= 0.6 is 11.6 Å². The summed E-state index contributed by atoms with van der Waals surface area (Å²) in [7, 11) is 0. The lowest BCUT2D eigenvalue weighted by Crippen LogP contribution is -2.20. The van der Waals surface area contributed by atoms with E-state index in [9.17, 15) is 4.79 Å². The zero-order valence-electron chi connectivity index (χ0n) is 15.8. The maximum absolute atomic E-state index is 13.0. The molecule has 4 rings (SSSR count). The first-order valence-electron chi connectivity index (χ1n) is 9.85. The second-order valence-electron chi connectivity index (χ2n) is 7.51. The molecule has 0 amide bonds. The first kappa shape index (κ1) is 19.2. The van der Waals surface area contributed by atoms with E-state index in [0.29, 0.717) is 19.0 Å². The number of hydrogen-bond acceptors (Lipinski definition) is 3. The highest BCUT2D eigenvalue weighted by Gasteiger charge is 2.15. The molecule has 1 fully saturated rings. The van der Waals surface area contributed by atoms with Crippen LogP contribution in [0, 0.1) is 5.92 Å². The average molecular weight is 397 g/mol. The van der Waals surface area contributed by atoms with Gasteiger partial charge in [0, 0.05) is 54.0 Å². The molecule has 28 heavy (non-hydrogen) atoms. The Morgan fingerprint density at radius 2 is 1.79 bits per heavy atom. The Kier molecular flexibility index (Phi) is 6.10. The average Bonchev–Trinajstić information content (AvgIpc) is 2.72. The predicted molar refractivity (Wildman–Crippen MR) is 114 cm³/mol. The van der Waals surface area contributed by atoms with Crippen LogP contribution in [0.3, 0.4) is 0 Å². The minimum Gasteiger partial charge on any atom is -0.381 e. The van der Waals surface area contributed by atoms with Crippen LogP contribution in [0.1, 0.15) is 29.5 Å². The third-order valence-electron chi connectivity index (χ3n) is 5.45. The maximum Gasteiger partial charge on any atom is 0.193 e. The van der Waals surface area contributed by atoms with Crippen LogP contribution in [0.15, 0.2) is 53.5 Å². The first-order chi connectivity index (χ1) is 13.7. The predicted octanol–water partition coefficient (Wildman–Crippen LogP) is 4.44. The molecule has 0 radical (unpaired) electrons. The molecular formula is C23H25ClN2O2. The highest BCUT2D eigenvalue weighted by Crippen LogP contribution is 2.21. The van der Waals surface area contributed by atoms with Crippen LogP contribution in [0.4, 0.5) is 0 Å². The van der Waals surface area contributed by atoms with E-state index in [1.165, 1.54) is 5.56 Å². The van der Waals surface area contributed by atoms with Crippen LogP contribution in [0.5, 0.6) is 0 Å². The summed E-state index contributed by atoms with van der Waals surface area (Å²) in [5.41, 5.74) is 4.12. The van der Waals surface area contributed by atoms with Gasteiger partial charge in [0.15, 0.2) is 5.43 Å². The second kappa shape index (κ2) is 8.91. The van der Waals surface area contributed by atoms with E-state index in [-0.39, 0.29) is 5.43 Å². The molecule has 2 heterocycles. The van der Waals surface area contributed by atoms with Crippen LogP contribution in [0.25, 0.3) is 10.9 Å². The topological polar surface area (TPSA) is 54.1 Å². The van der Waals surface area contributed by atoms with E-state index in [2.05, 4.69) is 22.4 Å². The number of ether oxygens (including phenoxy) is 1. The van der Waals surface area contributed by atoms with Crippen molar-refractivity contribution in [3.63, 3.8) is 0 Å². The number of H-pyrrole nitrogens is 1. The molecule has 1 aromatic heterocycles. The largest absolute Gasteiger partial charge is 0.381 e. The van der Waals surface area contributed by atoms with Gasteiger partial charge < -0.3 is 15.0 Å².